The maximum absolute atomic E-state index is 12.5. The first kappa shape index (κ1) is 27.4. The molecule has 0 bridgehead atoms. The van der Waals surface area contributed by atoms with Gasteiger partial charge < -0.3 is 14.9 Å². The summed E-state index contributed by atoms with van der Waals surface area (Å²) in [4.78, 5) is 12.5. The molecule has 4 rings (SSSR count). The zero-order valence-electron chi connectivity index (χ0n) is 23.1. The second-order valence-corrected chi connectivity index (χ2v) is 13.4. The van der Waals surface area contributed by atoms with E-state index >= 15 is 0 Å². The summed E-state index contributed by atoms with van der Waals surface area (Å²) in [5.41, 5.74) is 3.07. The van der Waals surface area contributed by atoms with E-state index in [0.717, 1.165) is 30.4 Å². The third-order valence-corrected chi connectivity index (χ3v) is 9.48. The maximum atomic E-state index is 12.5. The Morgan fingerprint density at radius 3 is 2.53 bits per heavy atom. The Kier molecular flexibility index (Phi) is 8.07. The molecule has 0 aliphatic heterocycles. The molecule has 0 radical (unpaired) electrons. The number of rotatable bonds is 6. The molecule has 4 aliphatic rings. The second kappa shape index (κ2) is 10.6. The van der Waals surface area contributed by atoms with E-state index in [-0.39, 0.29) is 17.5 Å². The van der Waals surface area contributed by atoms with Crippen molar-refractivity contribution < 1.29 is 19.7 Å². The quantitative estimate of drug-likeness (QED) is 0.318. The summed E-state index contributed by atoms with van der Waals surface area (Å²) in [5, 5.41) is 20.3. The molecule has 0 unspecified atom stereocenters. The van der Waals surface area contributed by atoms with Gasteiger partial charge in [-0.05, 0) is 118 Å². The van der Waals surface area contributed by atoms with E-state index in [0.29, 0.717) is 36.5 Å². The van der Waals surface area contributed by atoms with E-state index in [1.54, 1.807) is 0 Å². The maximum Gasteiger partial charge on any atom is 0.311 e. The van der Waals surface area contributed by atoms with Crippen LogP contribution < -0.4 is 0 Å². The Morgan fingerprint density at radius 2 is 1.86 bits per heavy atom. The zero-order valence-corrected chi connectivity index (χ0v) is 23.1. The van der Waals surface area contributed by atoms with Gasteiger partial charge in [0.05, 0.1) is 17.6 Å². The average Bonchev–Trinajstić information content (AvgIpc) is 3.58. The summed E-state index contributed by atoms with van der Waals surface area (Å²) in [6, 6.07) is 0. The highest BCUT2D eigenvalue weighted by Crippen LogP contribution is 2.59. The first-order valence-electron chi connectivity index (χ1n) is 14.2. The van der Waals surface area contributed by atoms with Crippen LogP contribution in [-0.4, -0.2) is 34.5 Å². The molecule has 2 N–H and O–H groups in total. The van der Waals surface area contributed by atoms with Gasteiger partial charge in [-0.3, -0.25) is 4.79 Å². The van der Waals surface area contributed by atoms with Crippen LogP contribution in [0, 0.1) is 34.5 Å². The number of hydrogen-bond donors (Lipinski definition) is 2. The highest BCUT2D eigenvalue weighted by atomic mass is 16.5. The molecule has 0 aromatic rings. The molecule has 4 saturated carbocycles. The van der Waals surface area contributed by atoms with Gasteiger partial charge in [0.15, 0.2) is 0 Å². The van der Waals surface area contributed by atoms with Crippen molar-refractivity contribution in [3.8, 4) is 0 Å². The summed E-state index contributed by atoms with van der Waals surface area (Å²) in [6.45, 7) is 14.7. The number of esters is 1. The van der Waals surface area contributed by atoms with Crippen molar-refractivity contribution in [1.82, 2.24) is 0 Å². The molecule has 4 heteroatoms. The second-order valence-electron chi connectivity index (χ2n) is 13.4. The lowest BCUT2D eigenvalue weighted by Crippen LogP contribution is -2.35. The molecule has 4 nitrogen and oxygen atoms in total. The highest BCUT2D eigenvalue weighted by molar-refractivity contribution is 5.75. The van der Waals surface area contributed by atoms with E-state index < -0.39 is 17.6 Å². The third-order valence-electron chi connectivity index (χ3n) is 9.48. The number of fused-ring (bicyclic) bond motifs is 1. The number of carbonyl (C=O) groups excluding carboxylic acids is 1. The number of ether oxygens (including phenoxy) is 1. The fraction of sp³-hybridized carbons (Fsp3) is 0.719. The lowest BCUT2D eigenvalue weighted by Gasteiger charge is -2.44. The van der Waals surface area contributed by atoms with Crippen molar-refractivity contribution in [2.75, 3.05) is 0 Å². The van der Waals surface area contributed by atoms with Crippen molar-refractivity contribution >= 4 is 5.97 Å². The highest BCUT2D eigenvalue weighted by Gasteiger charge is 2.50. The first-order chi connectivity index (χ1) is 16.9. The molecule has 0 heterocycles. The normalized spacial score (nSPS) is 37.4. The van der Waals surface area contributed by atoms with Gasteiger partial charge in [0.25, 0.3) is 0 Å². The molecular formula is C32H48O4. The van der Waals surface area contributed by atoms with Crippen LogP contribution in [0.15, 0.2) is 47.6 Å². The smallest absolute Gasteiger partial charge is 0.311 e. The molecule has 4 fully saturated rings. The van der Waals surface area contributed by atoms with Crippen LogP contribution in [0.25, 0.3) is 0 Å². The molecular weight excluding hydrogens is 448 g/mol. The average molecular weight is 497 g/mol. The van der Waals surface area contributed by atoms with Gasteiger partial charge in [-0.1, -0.05) is 44.2 Å². The summed E-state index contributed by atoms with van der Waals surface area (Å²) in [5.74, 6) is 2.00. The van der Waals surface area contributed by atoms with Crippen molar-refractivity contribution in [2.24, 2.45) is 34.5 Å². The van der Waals surface area contributed by atoms with Crippen molar-refractivity contribution in [3.63, 3.8) is 0 Å². The minimum absolute atomic E-state index is 0.0908. The molecule has 0 saturated heterocycles. The Bertz CT molecular complexity index is 930. The number of aliphatic hydroxyl groups is 2. The standard InChI is InChI=1S/C32H48O4/c1-20(9-16-29(23-11-12-23)36-30(35)31(3,4)5)26-14-15-27-22(8-7-17-32(26,27)6)10-13-24-18-25(33)19-28(34)21(24)2/h9-10,13,16,20,23,25-29,33-34H,2,7-8,11-12,14-15,17-19H2,1,3-6H3/t20-,25-,26-,27+,28+,29-,32-/m1/s1. The Labute approximate surface area is 218 Å². The number of allylic oxidation sites excluding steroid dienone is 4. The van der Waals surface area contributed by atoms with Gasteiger partial charge in [0, 0.05) is 6.42 Å². The fourth-order valence-corrected chi connectivity index (χ4v) is 7.04. The molecule has 0 aromatic carbocycles. The zero-order chi connectivity index (χ0) is 26.3. The fourth-order valence-electron chi connectivity index (χ4n) is 7.04. The van der Waals surface area contributed by atoms with Gasteiger partial charge >= 0.3 is 5.97 Å². The predicted molar refractivity (Wildman–Crippen MR) is 145 cm³/mol. The van der Waals surface area contributed by atoms with Crippen molar-refractivity contribution in [3.05, 3.63) is 47.6 Å². The minimum Gasteiger partial charge on any atom is -0.457 e. The summed E-state index contributed by atoms with van der Waals surface area (Å²) < 4.78 is 5.93. The van der Waals surface area contributed by atoms with Crippen LogP contribution in [0.2, 0.25) is 0 Å². The Morgan fingerprint density at radius 1 is 1.14 bits per heavy atom. The molecule has 7 atom stereocenters. The van der Waals surface area contributed by atoms with Crippen LogP contribution in [0.5, 0.6) is 0 Å². The van der Waals surface area contributed by atoms with Gasteiger partial charge in [0.2, 0.25) is 0 Å². The minimum atomic E-state index is -0.638. The van der Waals surface area contributed by atoms with Crippen molar-refractivity contribution in [2.45, 2.75) is 111 Å². The van der Waals surface area contributed by atoms with Gasteiger partial charge in [-0.2, -0.15) is 0 Å². The predicted octanol–water partition coefficient (Wildman–Crippen LogP) is 6.69. The Balaban J connectivity index is 1.46. The number of hydrogen-bond acceptors (Lipinski definition) is 4. The molecule has 200 valence electrons. The topological polar surface area (TPSA) is 66.8 Å². The van der Waals surface area contributed by atoms with Gasteiger partial charge in [-0.15, -0.1) is 0 Å². The SMILES string of the molecule is C=C1C(=CC=C2CCC[C@]3(C)[C@@H]([C@H](C)C=C[C@@H](OC(=O)C(C)(C)C)C4CC4)CC[C@@H]23)C[C@@H](O)C[C@@H]1O. The van der Waals surface area contributed by atoms with Crippen LogP contribution in [0.1, 0.15) is 92.4 Å². The van der Waals surface area contributed by atoms with Gasteiger partial charge in [0.1, 0.15) is 6.10 Å². The number of carbonyl (C=O) groups is 1. The summed E-state index contributed by atoms with van der Waals surface area (Å²) in [6.07, 6.45) is 17.0. The molecule has 0 amide bonds. The Hall–Kier alpha value is -1.65. The van der Waals surface area contributed by atoms with Crippen molar-refractivity contribution in [1.29, 1.82) is 0 Å². The molecule has 0 spiro atoms. The first-order valence-corrected chi connectivity index (χ1v) is 14.2. The number of aliphatic hydroxyl groups excluding tert-OH is 2. The summed E-state index contributed by atoms with van der Waals surface area (Å²) in [7, 11) is 0. The van der Waals surface area contributed by atoms with Crippen LogP contribution >= 0.6 is 0 Å². The molecule has 0 aromatic heterocycles. The third kappa shape index (κ3) is 5.91. The van der Waals surface area contributed by atoms with E-state index in [4.69, 9.17) is 4.74 Å². The largest absolute Gasteiger partial charge is 0.457 e. The van der Waals surface area contributed by atoms with E-state index in [1.165, 1.54) is 31.3 Å². The lowest BCUT2D eigenvalue weighted by atomic mass is 9.61. The molecule has 36 heavy (non-hydrogen) atoms. The van der Waals surface area contributed by atoms with E-state index in [1.807, 2.05) is 20.8 Å². The van der Waals surface area contributed by atoms with Crippen LogP contribution in [0.3, 0.4) is 0 Å². The summed E-state index contributed by atoms with van der Waals surface area (Å²) >= 11 is 0. The van der Waals surface area contributed by atoms with Gasteiger partial charge in [-0.25, -0.2) is 0 Å². The van der Waals surface area contributed by atoms with Crippen LogP contribution in [0.4, 0.5) is 0 Å². The van der Waals surface area contributed by atoms with E-state index in [9.17, 15) is 15.0 Å². The van der Waals surface area contributed by atoms with Crippen LogP contribution in [-0.2, 0) is 9.53 Å². The monoisotopic (exact) mass is 496 g/mol. The lowest BCUT2D eigenvalue weighted by molar-refractivity contribution is -0.157. The van der Waals surface area contributed by atoms with E-state index in [2.05, 4.69) is 44.7 Å². The molecule has 4 aliphatic carbocycles.